The lowest BCUT2D eigenvalue weighted by Crippen LogP contribution is -1.95. The highest BCUT2D eigenvalue weighted by molar-refractivity contribution is 6.07. The number of ether oxygens (including phenoxy) is 1. The first-order chi connectivity index (χ1) is 8.90. The predicted molar refractivity (Wildman–Crippen MR) is 70.9 cm³/mol. The molecule has 3 rings (SSSR count). The van der Waals surface area contributed by atoms with Crippen LogP contribution in [0.3, 0.4) is 0 Å². The number of para-hydroxylation sites is 1. The van der Waals surface area contributed by atoms with Gasteiger partial charge < -0.3 is 13.6 Å². The zero-order valence-electron chi connectivity index (χ0n) is 10.0. The van der Waals surface area contributed by atoms with E-state index < -0.39 is 0 Å². The highest BCUT2D eigenvalue weighted by Crippen LogP contribution is 2.36. The van der Waals surface area contributed by atoms with Crippen molar-refractivity contribution in [2.45, 2.75) is 12.8 Å². The van der Waals surface area contributed by atoms with Gasteiger partial charge in [-0.05, 0) is 18.9 Å². The summed E-state index contributed by atoms with van der Waals surface area (Å²) in [5.41, 5.74) is 1.59. The van der Waals surface area contributed by atoms with Crippen molar-refractivity contribution in [1.29, 1.82) is 0 Å². The highest BCUT2D eigenvalue weighted by Gasteiger charge is 2.15. The van der Waals surface area contributed by atoms with Gasteiger partial charge in [-0.2, -0.15) is 0 Å². The van der Waals surface area contributed by atoms with Gasteiger partial charge in [0.05, 0.1) is 6.61 Å². The normalized spacial score (nSPS) is 11.1. The molecule has 0 aliphatic rings. The molecule has 92 valence electrons. The Hall–Kier alpha value is -2.16. The summed E-state index contributed by atoms with van der Waals surface area (Å²) < 4.78 is 16.7. The molecule has 0 radical (unpaired) electrons. The van der Waals surface area contributed by atoms with Crippen LogP contribution < -0.4 is 4.74 Å². The maximum Gasteiger partial charge on any atom is 0.296 e. The minimum Gasteiger partial charge on any atom is -0.465 e. The third-order valence-electron chi connectivity index (χ3n) is 2.89. The van der Waals surface area contributed by atoms with Gasteiger partial charge in [-0.1, -0.05) is 24.3 Å². The fraction of sp³-hybridized carbons (Fsp3) is 0.200. The van der Waals surface area contributed by atoms with E-state index in [4.69, 9.17) is 13.6 Å². The van der Waals surface area contributed by atoms with Crippen LogP contribution in [0.5, 0.6) is 5.95 Å². The molecule has 0 aliphatic carbocycles. The van der Waals surface area contributed by atoms with Crippen molar-refractivity contribution in [3.63, 3.8) is 0 Å². The predicted octanol–water partition coefficient (Wildman–Crippen LogP) is 4.52. The summed E-state index contributed by atoms with van der Waals surface area (Å²) >= 11 is 0. The van der Waals surface area contributed by atoms with Gasteiger partial charge in [-0.25, -0.2) is 0 Å². The molecule has 18 heavy (non-hydrogen) atoms. The smallest absolute Gasteiger partial charge is 0.296 e. The zero-order chi connectivity index (χ0) is 12.4. The van der Waals surface area contributed by atoms with E-state index in [1.807, 2.05) is 30.3 Å². The molecule has 0 amide bonds. The fourth-order valence-corrected chi connectivity index (χ4v) is 2.02. The van der Waals surface area contributed by atoms with Crippen LogP contribution in [0.25, 0.3) is 21.9 Å². The maximum atomic E-state index is 5.67. The molecule has 3 heteroatoms. The third-order valence-corrected chi connectivity index (χ3v) is 2.89. The van der Waals surface area contributed by atoms with Gasteiger partial charge in [0.2, 0.25) is 0 Å². The van der Waals surface area contributed by atoms with E-state index in [-0.39, 0.29) is 0 Å². The van der Waals surface area contributed by atoms with Crippen molar-refractivity contribution in [1.82, 2.24) is 0 Å². The topological polar surface area (TPSA) is 35.5 Å². The van der Waals surface area contributed by atoms with Gasteiger partial charge in [0, 0.05) is 5.39 Å². The molecule has 2 aromatic heterocycles. The summed E-state index contributed by atoms with van der Waals surface area (Å²) in [6, 6.07) is 7.88. The number of furan rings is 2. The molecule has 1 aromatic carbocycles. The van der Waals surface area contributed by atoms with Crippen LogP contribution >= 0.6 is 0 Å². The van der Waals surface area contributed by atoms with Crippen LogP contribution in [0.2, 0.25) is 0 Å². The van der Waals surface area contributed by atoms with Crippen molar-refractivity contribution in [2.24, 2.45) is 0 Å². The van der Waals surface area contributed by atoms with E-state index in [0.717, 1.165) is 34.8 Å². The molecule has 0 spiro atoms. The number of benzene rings is 1. The van der Waals surface area contributed by atoms with E-state index in [1.165, 1.54) is 0 Å². The van der Waals surface area contributed by atoms with Crippen molar-refractivity contribution >= 4 is 21.9 Å². The molecule has 0 bridgehead atoms. The molecule has 3 aromatic rings. The largest absolute Gasteiger partial charge is 0.465 e. The molecular weight excluding hydrogens is 228 g/mol. The number of unbranched alkanes of at least 4 members (excludes halogenated alkanes) is 1. The molecule has 0 fully saturated rings. The van der Waals surface area contributed by atoms with Crippen LogP contribution in [0, 0.1) is 0 Å². The zero-order valence-corrected chi connectivity index (χ0v) is 10.0. The molecule has 3 nitrogen and oxygen atoms in total. The van der Waals surface area contributed by atoms with Crippen LogP contribution in [0.1, 0.15) is 12.8 Å². The molecule has 0 unspecified atom stereocenters. The number of allylic oxidation sites excluding steroid dienone is 1. The molecular formula is C15H14O3. The Morgan fingerprint density at radius 2 is 2.11 bits per heavy atom. The van der Waals surface area contributed by atoms with Crippen LogP contribution in [0.4, 0.5) is 0 Å². The van der Waals surface area contributed by atoms with Gasteiger partial charge in [-0.15, -0.1) is 6.58 Å². The van der Waals surface area contributed by atoms with Crippen molar-refractivity contribution in [3.05, 3.63) is 43.2 Å². The second-order valence-electron chi connectivity index (χ2n) is 4.14. The standard InChI is InChI=1S/C15H14O3/c1-2-3-6-9-16-15-14-11-7-4-5-8-12(11)18-13(14)10-17-15/h2,4-5,7-8,10H,1,3,6,9H2. The van der Waals surface area contributed by atoms with Gasteiger partial charge in [0.15, 0.2) is 5.58 Å². The SMILES string of the molecule is C=CCCCOc1occ2oc3ccccc3c12. The number of fused-ring (bicyclic) bond motifs is 3. The molecule has 0 saturated heterocycles. The van der Waals surface area contributed by atoms with Gasteiger partial charge in [0.25, 0.3) is 5.95 Å². The molecule has 0 atom stereocenters. The van der Waals surface area contributed by atoms with E-state index in [2.05, 4.69) is 6.58 Å². The summed E-state index contributed by atoms with van der Waals surface area (Å²) in [6.45, 7) is 4.30. The van der Waals surface area contributed by atoms with Gasteiger partial charge >= 0.3 is 0 Å². The Bertz CT molecular complexity index is 675. The maximum absolute atomic E-state index is 5.67. The second kappa shape index (κ2) is 4.61. The lowest BCUT2D eigenvalue weighted by Gasteiger charge is -2.00. The minimum absolute atomic E-state index is 0.541. The lowest BCUT2D eigenvalue weighted by molar-refractivity contribution is 0.244. The van der Waals surface area contributed by atoms with Crippen LogP contribution in [-0.2, 0) is 0 Å². The molecule has 0 aliphatic heterocycles. The van der Waals surface area contributed by atoms with Crippen LogP contribution in [0.15, 0.2) is 52.0 Å². The average Bonchev–Trinajstić information content (AvgIpc) is 2.94. The summed E-state index contributed by atoms with van der Waals surface area (Å²) in [5.74, 6) is 0.541. The summed E-state index contributed by atoms with van der Waals surface area (Å²) in [5, 5.41) is 1.95. The van der Waals surface area contributed by atoms with Crippen molar-refractivity contribution < 1.29 is 13.6 Å². The van der Waals surface area contributed by atoms with E-state index in [0.29, 0.717) is 12.6 Å². The Kier molecular flexibility index (Phi) is 2.81. The van der Waals surface area contributed by atoms with Crippen molar-refractivity contribution in [3.8, 4) is 5.95 Å². The Labute approximate surface area is 105 Å². The van der Waals surface area contributed by atoms with E-state index >= 15 is 0 Å². The summed E-state index contributed by atoms with van der Waals surface area (Å²) in [7, 11) is 0. The van der Waals surface area contributed by atoms with Gasteiger partial charge in [-0.3, -0.25) is 0 Å². The first kappa shape index (κ1) is 11.0. The number of hydrogen-bond donors (Lipinski definition) is 0. The van der Waals surface area contributed by atoms with Gasteiger partial charge in [0.1, 0.15) is 17.2 Å². The molecule has 2 heterocycles. The Morgan fingerprint density at radius 1 is 1.22 bits per heavy atom. The quantitative estimate of drug-likeness (QED) is 0.487. The van der Waals surface area contributed by atoms with E-state index in [9.17, 15) is 0 Å². The third kappa shape index (κ3) is 1.78. The number of hydrogen-bond acceptors (Lipinski definition) is 3. The Balaban J connectivity index is 1.94. The Morgan fingerprint density at radius 3 is 3.00 bits per heavy atom. The summed E-state index contributed by atoms with van der Waals surface area (Å²) in [4.78, 5) is 0. The highest BCUT2D eigenvalue weighted by atomic mass is 16.6. The molecule has 0 saturated carbocycles. The van der Waals surface area contributed by atoms with Crippen molar-refractivity contribution in [2.75, 3.05) is 6.61 Å². The van der Waals surface area contributed by atoms with E-state index in [1.54, 1.807) is 6.26 Å². The fourth-order valence-electron chi connectivity index (χ4n) is 2.02. The first-order valence-electron chi connectivity index (χ1n) is 6.02. The monoisotopic (exact) mass is 242 g/mol. The average molecular weight is 242 g/mol. The number of rotatable bonds is 5. The first-order valence-corrected chi connectivity index (χ1v) is 6.02. The second-order valence-corrected chi connectivity index (χ2v) is 4.14. The minimum atomic E-state index is 0.541. The van der Waals surface area contributed by atoms with Crippen LogP contribution in [-0.4, -0.2) is 6.61 Å². The lowest BCUT2D eigenvalue weighted by atomic mass is 10.2. The summed E-state index contributed by atoms with van der Waals surface area (Å²) in [6.07, 6.45) is 5.35. The molecule has 0 N–H and O–H groups in total.